The molecule has 84 valence electrons. The standard InChI is InChI=1S/C11H19N3S/c1-9(12)10-2-4-14(5-3-10)6-11-7-15-8-13-11/h7-10H,2-6,12H2,1H3. The molecule has 0 aromatic carbocycles. The minimum absolute atomic E-state index is 0.353. The third-order valence-corrected chi connectivity index (χ3v) is 3.88. The lowest BCUT2D eigenvalue weighted by atomic mass is 9.91. The van der Waals surface area contributed by atoms with Gasteiger partial charge in [-0.25, -0.2) is 4.98 Å². The molecule has 0 radical (unpaired) electrons. The summed E-state index contributed by atoms with van der Waals surface area (Å²) < 4.78 is 0. The molecule has 1 unspecified atom stereocenters. The second-order valence-electron chi connectivity index (χ2n) is 4.45. The van der Waals surface area contributed by atoms with Gasteiger partial charge in [-0.05, 0) is 38.8 Å². The molecule has 0 spiro atoms. The van der Waals surface area contributed by atoms with Gasteiger partial charge in [0, 0.05) is 18.0 Å². The smallest absolute Gasteiger partial charge is 0.0795 e. The van der Waals surface area contributed by atoms with Crippen LogP contribution in [0.1, 0.15) is 25.5 Å². The predicted molar refractivity (Wildman–Crippen MR) is 63.8 cm³/mol. The highest BCUT2D eigenvalue weighted by Crippen LogP contribution is 2.20. The van der Waals surface area contributed by atoms with Crippen molar-refractivity contribution in [3.8, 4) is 0 Å². The number of nitrogens with two attached hydrogens (primary N) is 1. The molecule has 2 heterocycles. The van der Waals surface area contributed by atoms with Crippen LogP contribution < -0.4 is 5.73 Å². The van der Waals surface area contributed by atoms with Gasteiger partial charge >= 0.3 is 0 Å². The Morgan fingerprint density at radius 2 is 2.33 bits per heavy atom. The van der Waals surface area contributed by atoms with E-state index in [0.29, 0.717) is 6.04 Å². The van der Waals surface area contributed by atoms with Crippen LogP contribution in [0.4, 0.5) is 0 Å². The Morgan fingerprint density at radius 1 is 1.60 bits per heavy atom. The normalized spacial score (nSPS) is 21.7. The van der Waals surface area contributed by atoms with E-state index in [-0.39, 0.29) is 0 Å². The first-order chi connectivity index (χ1) is 7.25. The van der Waals surface area contributed by atoms with E-state index < -0.39 is 0 Å². The average molecular weight is 225 g/mol. The zero-order valence-corrected chi connectivity index (χ0v) is 10.0. The van der Waals surface area contributed by atoms with Gasteiger partial charge in [0.15, 0.2) is 0 Å². The topological polar surface area (TPSA) is 42.1 Å². The van der Waals surface area contributed by atoms with Gasteiger partial charge in [0.25, 0.3) is 0 Å². The van der Waals surface area contributed by atoms with Crippen LogP contribution >= 0.6 is 11.3 Å². The quantitative estimate of drug-likeness (QED) is 0.851. The molecule has 1 aromatic rings. The number of aromatic nitrogens is 1. The summed E-state index contributed by atoms with van der Waals surface area (Å²) in [4.78, 5) is 6.80. The first-order valence-corrected chi connectivity index (χ1v) is 6.55. The molecule has 1 atom stereocenters. The molecule has 3 nitrogen and oxygen atoms in total. The lowest BCUT2D eigenvalue weighted by molar-refractivity contribution is 0.164. The van der Waals surface area contributed by atoms with Crippen LogP contribution in [0.2, 0.25) is 0 Å². The summed E-state index contributed by atoms with van der Waals surface area (Å²) in [5.74, 6) is 0.719. The minimum Gasteiger partial charge on any atom is -0.328 e. The van der Waals surface area contributed by atoms with Crippen molar-refractivity contribution in [2.45, 2.75) is 32.4 Å². The maximum absolute atomic E-state index is 5.92. The summed E-state index contributed by atoms with van der Waals surface area (Å²) in [7, 11) is 0. The molecule has 15 heavy (non-hydrogen) atoms. The molecule has 1 aliphatic rings. The molecule has 4 heteroatoms. The Balaban J connectivity index is 1.79. The predicted octanol–water partition coefficient (Wildman–Crippen LogP) is 1.70. The molecule has 1 aromatic heterocycles. The second-order valence-corrected chi connectivity index (χ2v) is 5.17. The minimum atomic E-state index is 0.353. The summed E-state index contributed by atoms with van der Waals surface area (Å²) in [6, 6.07) is 0.353. The fraction of sp³-hybridized carbons (Fsp3) is 0.727. The molecule has 0 saturated carbocycles. The number of thiazole rings is 1. The number of nitrogens with zero attached hydrogens (tertiary/aromatic N) is 2. The van der Waals surface area contributed by atoms with Crippen molar-refractivity contribution in [2.75, 3.05) is 13.1 Å². The molecule has 2 rings (SSSR count). The van der Waals surface area contributed by atoms with Crippen LogP contribution in [0.3, 0.4) is 0 Å². The molecule has 1 aliphatic heterocycles. The summed E-state index contributed by atoms with van der Waals surface area (Å²) in [6.07, 6.45) is 2.48. The van der Waals surface area contributed by atoms with Crippen LogP contribution in [0.15, 0.2) is 10.9 Å². The van der Waals surface area contributed by atoms with E-state index in [4.69, 9.17) is 5.73 Å². The number of rotatable bonds is 3. The largest absolute Gasteiger partial charge is 0.328 e. The lowest BCUT2D eigenvalue weighted by Gasteiger charge is -2.33. The molecule has 1 saturated heterocycles. The highest BCUT2D eigenvalue weighted by atomic mass is 32.1. The van der Waals surface area contributed by atoms with Gasteiger partial charge in [0.1, 0.15) is 0 Å². The third kappa shape index (κ3) is 3.00. The molecular formula is C11H19N3S. The summed E-state index contributed by atoms with van der Waals surface area (Å²) >= 11 is 1.68. The Bertz CT molecular complexity index is 276. The fourth-order valence-electron chi connectivity index (χ4n) is 2.18. The molecule has 1 fully saturated rings. The highest BCUT2D eigenvalue weighted by molar-refractivity contribution is 7.07. The van der Waals surface area contributed by atoms with Gasteiger partial charge in [0.05, 0.1) is 11.2 Å². The zero-order chi connectivity index (χ0) is 10.7. The Hall–Kier alpha value is -0.450. The highest BCUT2D eigenvalue weighted by Gasteiger charge is 2.21. The summed E-state index contributed by atoms with van der Waals surface area (Å²) in [5, 5.41) is 2.14. The van der Waals surface area contributed by atoms with Crippen molar-refractivity contribution < 1.29 is 0 Å². The van der Waals surface area contributed by atoms with Gasteiger partial charge in [-0.3, -0.25) is 4.90 Å². The van der Waals surface area contributed by atoms with Crippen LogP contribution in [-0.2, 0) is 6.54 Å². The van der Waals surface area contributed by atoms with Crippen molar-refractivity contribution in [2.24, 2.45) is 11.7 Å². The number of likely N-dealkylation sites (tertiary alicyclic amines) is 1. The van der Waals surface area contributed by atoms with Crippen molar-refractivity contribution in [3.63, 3.8) is 0 Å². The number of hydrogen-bond acceptors (Lipinski definition) is 4. The van der Waals surface area contributed by atoms with Gasteiger partial charge in [0.2, 0.25) is 0 Å². The van der Waals surface area contributed by atoms with Gasteiger partial charge < -0.3 is 5.73 Å². The van der Waals surface area contributed by atoms with Crippen molar-refractivity contribution >= 4 is 11.3 Å². The van der Waals surface area contributed by atoms with Crippen molar-refractivity contribution in [1.82, 2.24) is 9.88 Å². The Morgan fingerprint density at radius 3 is 2.87 bits per heavy atom. The maximum Gasteiger partial charge on any atom is 0.0795 e. The van der Waals surface area contributed by atoms with E-state index in [1.54, 1.807) is 11.3 Å². The lowest BCUT2D eigenvalue weighted by Crippen LogP contribution is -2.39. The molecule has 0 bridgehead atoms. The van der Waals surface area contributed by atoms with E-state index in [1.807, 2.05) is 5.51 Å². The third-order valence-electron chi connectivity index (χ3n) is 3.24. The Kier molecular flexibility index (Phi) is 3.72. The first kappa shape index (κ1) is 11.0. The summed E-state index contributed by atoms with van der Waals surface area (Å²) in [6.45, 7) is 5.48. The molecule has 0 aliphatic carbocycles. The van der Waals surface area contributed by atoms with Gasteiger partial charge in [-0.2, -0.15) is 0 Å². The zero-order valence-electron chi connectivity index (χ0n) is 9.22. The van der Waals surface area contributed by atoms with E-state index in [1.165, 1.54) is 31.6 Å². The van der Waals surface area contributed by atoms with Crippen molar-refractivity contribution in [3.05, 3.63) is 16.6 Å². The van der Waals surface area contributed by atoms with E-state index in [9.17, 15) is 0 Å². The first-order valence-electron chi connectivity index (χ1n) is 5.60. The SMILES string of the molecule is CC(N)C1CCN(Cc2cscn2)CC1. The van der Waals surface area contributed by atoms with Crippen LogP contribution in [0.5, 0.6) is 0 Å². The van der Waals surface area contributed by atoms with Crippen LogP contribution in [-0.4, -0.2) is 29.0 Å². The molecule has 2 N–H and O–H groups in total. The van der Waals surface area contributed by atoms with Crippen molar-refractivity contribution in [1.29, 1.82) is 0 Å². The molecular weight excluding hydrogens is 206 g/mol. The average Bonchev–Trinajstić information content (AvgIpc) is 2.71. The summed E-state index contributed by atoms with van der Waals surface area (Å²) in [5.41, 5.74) is 9.03. The van der Waals surface area contributed by atoms with Crippen LogP contribution in [0, 0.1) is 5.92 Å². The fourth-order valence-corrected chi connectivity index (χ4v) is 2.73. The Labute approximate surface area is 95.3 Å². The van der Waals surface area contributed by atoms with Crippen LogP contribution in [0.25, 0.3) is 0 Å². The van der Waals surface area contributed by atoms with E-state index in [0.717, 1.165) is 12.5 Å². The monoisotopic (exact) mass is 225 g/mol. The maximum atomic E-state index is 5.92. The number of piperidine rings is 1. The molecule has 0 amide bonds. The van der Waals surface area contributed by atoms with E-state index >= 15 is 0 Å². The van der Waals surface area contributed by atoms with E-state index in [2.05, 4.69) is 22.2 Å². The second kappa shape index (κ2) is 5.05. The van der Waals surface area contributed by atoms with Gasteiger partial charge in [-0.15, -0.1) is 11.3 Å². The number of hydrogen-bond donors (Lipinski definition) is 1. The van der Waals surface area contributed by atoms with Gasteiger partial charge in [-0.1, -0.05) is 0 Å².